The summed E-state index contributed by atoms with van der Waals surface area (Å²) in [5.41, 5.74) is 2.52. The fourth-order valence-electron chi connectivity index (χ4n) is 1.89. The van der Waals surface area contributed by atoms with Gasteiger partial charge in [0.25, 0.3) is 0 Å². The van der Waals surface area contributed by atoms with Crippen LogP contribution in [0.4, 0.5) is 0 Å². The molecule has 0 radical (unpaired) electrons. The van der Waals surface area contributed by atoms with Gasteiger partial charge in [0.1, 0.15) is 0 Å². The Morgan fingerprint density at radius 1 is 1.11 bits per heavy atom. The SMILES string of the molecule is CCCS(=O)(=O)CCNCc1ccc(C(C)C)cc1. The zero-order chi connectivity index (χ0) is 14.3. The lowest BCUT2D eigenvalue weighted by atomic mass is 10.0. The summed E-state index contributed by atoms with van der Waals surface area (Å²) in [5.74, 6) is 1.06. The largest absolute Gasteiger partial charge is 0.312 e. The Kier molecular flexibility index (Phi) is 6.52. The van der Waals surface area contributed by atoms with Crippen LogP contribution in [0.5, 0.6) is 0 Å². The molecular formula is C15H25NO2S. The lowest BCUT2D eigenvalue weighted by molar-refractivity contribution is 0.589. The van der Waals surface area contributed by atoms with Crippen molar-refractivity contribution in [3.05, 3.63) is 35.4 Å². The van der Waals surface area contributed by atoms with Gasteiger partial charge in [0.05, 0.1) is 5.75 Å². The van der Waals surface area contributed by atoms with Crippen molar-refractivity contribution in [2.75, 3.05) is 18.1 Å². The minimum absolute atomic E-state index is 0.227. The Bertz CT molecular complexity index is 463. The predicted octanol–water partition coefficient (Wildman–Crippen LogP) is 2.72. The normalized spacial score (nSPS) is 12.0. The molecule has 0 fully saturated rings. The number of hydrogen-bond donors (Lipinski definition) is 1. The van der Waals surface area contributed by atoms with Crippen molar-refractivity contribution in [2.45, 2.75) is 39.7 Å². The fraction of sp³-hybridized carbons (Fsp3) is 0.600. The molecule has 0 bridgehead atoms. The van der Waals surface area contributed by atoms with E-state index in [-0.39, 0.29) is 11.5 Å². The summed E-state index contributed by atoms with van der Waals surface area (Å²) in [4.78, 5) is 0. The number of rotatable bonds is 8. The smallest absolute Gasteiger partial charge is 0.151 e. The Morgan fingerprint density at radius 2 is 1.74 bits per heavy atom. The second-order valence-corrected chi connectivity index (χ2v) is 7.53. The van der Waals surface area contributed by atoms with Gasteiger partial charge in [0.15, 0.2) is 9.84 Å². The molecule has 0 aliphatic rings. The van der Waals surface area contributed by atoms with Crippen LogP contribution in [-0.4, -0.2) is 26.5 Å². The third-order valence-corrected chi connectivity index (χ3v) is 4.94. The van der Waals surface area contributed by atoms with E-state index in [9.17, 15) is 8.42 Å². The first-order valence-corrected chi connectivity index (χ1v) is 8.76. The molecule has 19 heavy (non-hydrogen) atoms. The molecule has 4 heteroatoms. The van der Waals surface area contributed by atoms with Crippen molar-refractivity contribution in [3.63, 3.8) is 0 Å². The zero-order valence-electron chi connectivity index (χ0n) is 12.1. The summed E-state index contributed by atoms with van der Waals surface area (Å²) in [7, 11) is -2.87. The average Bonchev–Trinajstić information content (AvgIpc) is 2.35. The van der Waals surface area contributed by atoms with Gasteiger partial charge in [-0.05, 0) is 23.5 Å². The van der Waals surface area contributed by atoms with Crippen LogP contribution in [0, 0.1) is 0 Å². The second kappa shape index (κ2) is 7.65. The van der Waals surface area contributed by atoms with E-state index in [0.29, 0.717) is 18.9 Å². The highest BCUT2D eigenvalue weighted by atomic mass is 32.2. The van der Waals surface area contributed by atoms with Gasteiger partial charge in [-0.1, -0.05) is 45.0 Å². The van der Waals surface area contributed by atoms with Crippen LogP contribution in [-0.2, 0) is 16.4 Å². The van der Waals surface area contributed by atoms with Crippen LogP contribution in [0.15, 0.2) is 24.3 Å². The van der Waals surface area contributed by atoms with Gasteiger partial charge in [0.2, 0.25) is 0 Å². The van der Waals surface area contributed by atoms with Crippen LogP contribution in [0.2, 0.25) is 0 Å². The maximum atomic E-state index is 11.5. The third kappa shape index (κ3) is 6.21. The van der Waals surface area contributed by atoms with Crippen LogP contribution in [0.1, 0.15) is 44.2 Å². The number of benzene rings is 1. The average molecular weight is 283 g/mol. The molecule has 0 saturated carbocycles. The van der Waals surface area contributed by atoms with Crippen LogP contribution in [0.25, 0.3) is 0 Å². The van der Waals surface area contributed by atoms with Crippen molar-refractivity contribution in [3.8, 4) is 0 Å². The van der Waals surface area contributed by atoms with E-state index in [4.69, 9.17) is 0 Å². The first-order chi connectivity index (χ1) is 8.94. The fourth-order valence-corrected chi connectivity index (χ4v) is 3.18. The minimum Gasteiger partial charge on any atom is -0.312 e. The Balaban J connectivity index is 2.34. The molecule has 0 atom stereocenters. The summed E-state index contributed by atoms with van der Waals surface area (Å²) < 4.78 is 23.0. The highest BCUT2D eigenvalue weighted by Gasteiger charge is 2.08. The number of sulfone groups is 1. The predicted molar refractivity (Wildman–Crippen MR) is 81.2 cm³/mol. The van der Waals surface area contributed by atoms with Crippen molar-refractivity contribution in [1.82, 2.24) is 5.32 Å². The molecule has 0 heterocycles. The van der Waals surface area contributed by atoms with E-state index in [0.717, 1.165) is 6.54 Å². The molecule has 0 aromatic heterocycles. The van der Waals surface area contributed by atoms with Crippen molar-refractivity contribution < 1.29 is 8.42 Å². The molecule has 0 saturated heterocycles. The lowest BCUT2D eigenvalue weighted by Gasteiger charge is -2.08. The maximum Gasteiger partial charge on any atom is 0.151 e. The van der Waals surface area contributed by atoms with Crippen molar-refractivity contribution in [1.29, 1.82) is 0 Å². The highest BCUT2D eigenvalue weighted by molar-refractivity contribution is 7.91. The highest BCUT2D eigenvalue weighted by Crippen LogP contribution is 2.14. The zero-order valence-corrected chi connectivity index (χ0v) is 13.0. The minimum atomic E-state index is -2.87. The Hall–Kier alpha value is -0.870. The Labute approximate surface area is 117 Å². The molecule has 108 valence electrons. The maximum absolute atomic E-state index is 11.5. The molecule has 1 N–H and O–H groups in total. The van der Waals surface area contributed by atoms with E-state index in [1.54, 1.807) is 0 Å². The van der Waals surface area contributed by atoms with Gasteiger partial charge in [-0.3, -0.25) is 0 Å². The van der Waals surface area contributed by atoms with Crippen molar-refractivity contribution >= 4 is 9.84 Å². The molecule has 0 spiro atoms. The Morgan fingerprint density at radius 3 is 2.26 bits per heavy atom. The summed E-state index contributed by atoms with van der Waals surface area (Å²) >= 11 is 0. The molecule has 1 aromatic rings. The lowest BCUT2D eigenvalue weighted by Crippen LogP contribution is -2.24. The first kappa shape index (κ1) is 16.2. The standard InChI is InChI=1S/C15H25NO2S/c1-4-10-19(17,18)11-9-16-12-14-5-7-15(8-6-14)13(2)3/h5-8,13,16H,4,9-12H2,1-3H3. The number of hydrogen-bond acceptors (Lipinski definition) is 3. The quantitative estimate of drug-likeness (QED) is 0.746. The summed E-state index contributed by atoms with van der Waals surface area (Å²) in [6.07, 6.45) is 0.693. The number of nitrogens with one attached hydrogen (secondary N) is 1. The van der Waals surface area contributed by atoms with E-state index < -0.39 is 9.84 Å². The topological polar surface area (TPSA) is 46.2 Å². The molecule has 3 nitrogen and oxygen atoms in total. The van der Waals surface area contributed by atoms with Gasteiger partial charge >= 0.3 is 0 Å². The van der Waals surface area contributed by atoms with Gasteiger partial charge < -0.3 is 5.32 Å². The first-order valence-electron chi connectivity index (χ1n) is 6.94. The van der Waals surface area contributed by atoms with Crippen LogP contribution in [0.3, 0.4) is 0 Å². The van der Waals surface area contributed by atoms with E-state index in [1.807, 2.05) is 6.92 Å². The molecule has 0 unspecified atom stereocenters. The summed E-state index contributed by atoms with van der Waals surface area (Å²) in [5, 5.41) is 3.19. The second-order valence-electron chi connectivity index (χ2n) is 5.22. The van der Waals surface area contributed by atoms with E-state index in [2.05, 4.69) is 43.4 Å². The van der Waals surface area contributed by atoms with Crippen molar-refractivity contribution in [2.24, 2.45) is 0 Å². The molecular weight excluding hydrogens is 258 g/mol. The molecule has 0 amide bonds. The van der Waals surface area contributed by atoms with Gasteiger partial charge in [-0.2, -0.15) is 0 Å². The van der Waals surface area contributed by atoms with Gasteiger partial charge in [0, 0.05) is 18.8 Å². The monoisotopic (exact) mass is 283 g/mol. The molecule has 0 aliphatic heterocycles. The van der Waals surface area contributed by atoms with Crippen LogP contribution < -0.4 is 5.32 Å². The summed E-state index contributed by atoms with van der Waals surface area (Å²) in [6, 6.07) is 8.47. The van der Waals surface area contributed by atoms with E-state index in [1.165, 1.54) is 11.1 Å². The third-order valence-electron chi connectivity index (χ3n) is 3.08. The molecule has 1 aromatic carbocycles. The molecule has 0 aliphatic carbocycles. The van der Waals surface area contributed by atoms with Gasteiger partial charge in [-0.15, -0.1) is 0 Å². The summed E-state index contributed by atoms with van der Waals surface area (Å²) in [6.45, 7) is 7.48. The molecule has 1 rings (SSSR count). The van der Waals surface area contributed by atoms with E-state index >= 15 is 0 Å². The van der Waals surface area contributed by atoms with Crippen LogP contribution >= 0.6 is 0 Å². The van der Waals surface area contributed by atoms with Gasteiger partial charge in [-0.25, -0.2) is 8.42 Å².